The number of benzene rings is 1. The van der Waals surface area contributed by atoms with Crippen LogP contribution in [0.3, 0.4) is 0 Å². The number of allylic oxidation sites excluding steroid dienone is 3. The molecule has 1 aromatic carbocycles. The van der Waals surface area contributed by atoms with Crippen molar-refractivity contribution in [3.8, 4) is 5.75 Å². The largest absolute Gasteiger partial charge is 0.491 e. The van der Waals surface area contributed by atoms with Crippen LogP contribution in [-0.4, -0.2) is 38.2 Å². The molecule has 0 N–H and O–H groups in total. The molecule has 0 spiro atoms. The van der Waals surface area contributed by atoms with E-state index in [-0.39, 0.29) is 68.1 Å². The third kappa shape index (κ3) is 5.55. The topological polar surface area (TPSA) is 21.7 Å². The average molecular weight is 466 g/mol. The SMILES string of the molecule is C=C1C(Cl)=C[C-]=C(c2c(F)cc(OCCOC)cc2F)N1CC(F)F.[Y]. The molecule has 139 valence electrons. The molecule has 0 aliphatic carbocycles. The molecule has 0 saturated heterocycles. The van der Waals surface area contributed by atoms with Crippen LogP contribution >= 0.6 is 11.6 Å². The van der Waals surface area contributed by atoms with Crippen molar-refractivity contribution in [2.45, 2.75) is 6.43 Å². The van der Waals surface area contributed by atoms with E-state index in [1.54, 1.807) is 0 Å². The van der Waals surface area contributed by atoms with Crippen LogP contribution < -0.4 is 4.74 Å². The van der Waals surface area contributed by atoms with Crippen LogP contribution in [0.4, 0.5) is 17.6 Å². The summed E-state index contributed by atoms with van der Waals surface area (Å²) in [5.41, 5.74) is -0.718. The van der Waals surface area contributed by atoms with Crippen LogP contribution in [0.1, 0.15) is 5.56 Å². The summed E-state index contributed by atoms with van der Waals surface area (Å²) in [4.78, 5) is 0.931. The molecule has 1 aliphatic rings. The Morgan fingerprint density at radius 3 is 2.38 bits per heavy atom. The van der Waals surface area contributed by atoms with E-state index < -0.39 is 30.2 Å². The molecule has 9 heteroatoms. The summed E-state index contributed by atoms with van der Waals surface area (Å²) in [6, 6.07) is 1.93. The number of alkyl halides is 2. The Kier molecular flexibility index (Phi) is 9.30. The number of hydrogen-bond acceptors (Lipinski definition) is 3. The Hall–Kier alpha value is -0.886. The van der Waals surface area contributed by atoms with Gasteiger partial charge >= 0.3 is 0 Å². The Labute approximate surface area is 179 Å². The zero-order chi connectivity index (χ0) is 18.6. The van der Waals surface area contributed by atoms with E-state index in [1.807, 2.05) is 0 Å². The van der Waals surface area contributed by atoms with E-state index >= 15 is 0 Å². The molecule has 0 amide bonds. The zero-order valence-electron chi connectivity index (χ0n) is 13.9. The average Bonchev–Trinajstić information content (AvgIpc) is 2.53. The second-order valence-corrected chi connectivity index (χ2v) is 5.44. The first kappa shape index (κ1) is 23.2. The minimum Gasteiger partial charge on any atom is -0.491 e. The van der Waals surface area contributed by atoms with Crippen molar-refractivity contribution in [2.75, 3.05) is 26.9 Å². The van der Waals surface area contributed by atoms with Crippen LogP contribution in [0.5, 0.6) is 5.75 Å². The molecular weight excluding hydrogens is 451 g/mol. The monoisotopic (exact) mass is 465 g/mol. The standard InChI is InChI=1S/C17H15ClF4NO2.Y/c1-10-12(18)3-4-15(23(10)9-16(21)22)17-13(19)7-11(8-14(17)20)25-6-5-24-2;/h3,7-8,16H,1,5-6,9H2,2H3;/q-1;. The smallest absolute Gasteiger partial charge is 0.256 e. The van der Waals surface area contributed by atoms with Crippen LogP contribution in [0.15, 0.2) is 35.5 Å². The maximum absolute atomic E-state index is 14.4. The van der Waals surface area contributed by atoms with Gasteiger partial charge in [-0.05, 0) is 16.3 Å². The Morgan fingerprint density at radius 1 is 1.23 bits per heavy atom. The van der Waals surface area contributed by atoms with Crippen molar-refractivity contribution < 1.29 is 59.7 Å². The van der Waals surface area contributed by atoms with Crippen molar-refractivity contribution in [2.24, 2.45) is 0 Å². The minimum absolute atomic E-state index is 0. The van der Waals surface area contributed by atoms with Crippen molar-refractivity contribution >= 4 is 17.3 Å². The van der Waals surface area contributed by atoms with Crippen LogP contribution in [-0.2, 0) is 37.4 Å². The van der Waals surface area contributed by atoms with Gasteiger partial charge in [-0.15, -0.1) is 0 Å². The van der Waals surface area contributed by atoms with E-state index in [0.29, 0.717) is 0 Å². The molecule has 1 radical (unpaired) electrons. The number of halogens is 5. The second-order valence-electron chi connectivity index (χ2n) is 5.04. The Bertz CT molecular complexity index is 702. The van der Waals surface area contributed by atoms with Gasteiger partial charge in [-0.2, -0.15) is 23.8 Å². The normalized spacial score (nSPS) is 14.1. The third-order valence-corrected chi connectivity index (χ3v) is 3.66. The number of ether oxygens (including phenoxy) is 2. The maximum atomic E-state index is 14.4. The minimum atomic E-state index is -2.76. The molecule has 0 bridgehead atoms. The molecule has 0 saturated carbocycles. The van der Waals surface area contributed by atoms with Gasteiger partial charge in [0, 0.05) is 52.0 Å². The van der Waals surface area contributed by atoms with E-state index in [0.717, 1.165) is 17.0 Å². The fourth-order valence-corrected chi connectivity index (χ4v) is 2.36. The second kappa shape index (κ2) is 10.4. The van der Waals surface area contributed by atoms with Gasteiger partial charge in [0.05, 0.1) is 24.8 Å². The summed E-state index contributed by atoms with van der Waals surface area (Å²) in [5, 5.41) is 0.0599. The summed E-state index contributed by atoms with van der Waals surface area (Å²) in [7, 11) is 1.46. The van der Waals surface area contributed by atoms with Crippen molar-refractivity contribution in [1.82, 2.24) is 4.90 Å². The van der Waals surface area contributed by atoms with Gasteiger partial charge in [-0.25, -0.2) is 17.6 Å². The van der Waals surface area contributed by atoms with Gasteiger partial charge in [0.2, 0.25) is 0 Å². The molecule has 0 aromatic heterocycles. The summed E-state index contributed by atoms with van der Waals surface area (Å²) >= 11 is 5.85. The molecule has 2 rings (SSSR count). The van der Waals surface area contributed by atoms with Gasteiger partial charge in [0.1, 0.15) is 12.4 Å². The first-order valence-electron chi connectivity index (χ1n) is 7.20. The quantitative estimate of drug-likeness (QED) is 0.340. The van der Waals surface area contributed by atoms with Crippen molar-refractivity contribution in [3.05, 3.63) is 58.8 Å². The molecule has 3 nitrogen and oxygen atoms in total. The third-order valence-electron chi connectivity index (χ3n) is 3.34. The van der Waals surface area contributed by atoms with Crippen molar-refractivity contribution in [3.63, 3.8) is 0 Å². The fraction of sp³-hybridized carbons (Fsp3) is 0.294. The molecule has 1 heterocycles. The molecule has 0 atom stereocenters. The predicted octanol–water partition coefficient (Wildman–Crippen LogP) is 4.35. The van der Waals surface area contributed by atoms with Crippen LogP contribution in [0.25, 0.3) is 5.70 Å². The summed E-state index contributed by atoms with van der Waals surface area (Å²) < 4.78 is 64.5. The molecule has 0 unspecified atom stereocenters. The Balaban J connectivity index is 0.00000338. The number of rotatable bonds is 7. The van der Waals surface area contributed by atoms with E-state index in [9.17, 15) is 17.6 Å². The van der Waals surface area contributed by atoms with Gasteiger partial charge in [-0.1, -0.05) is 12.3 Å². The summed E-state index contributed by atoms with van der Waals surface area (Å²) in [6.07, 6.45) is 0.998. The predicted molar refractivity (Wildman–Crippen MR) is 86.2 cm³/mol. The number of hydrogen-bond donors (Lipinski definition) is 0. The molecule has 26 heavy (non-hydrogen) atoms. The maximum Gasteiger partial charge on any atom is 0.256 e. The number of methoxy groups -OCH3 is 1. The van der Waals surface area contributed by atoms with Crippen molar-refractivity contribution in [1.29, 1.82) is 0 Å². The molecule has 1 aliphatic heterocycles. The van der Waals surface area contributed by atoms with Crippen LogP contribution in [0.2, 0.25) is 0 Å². The zero-order valence-corrected chi connectivity index (χ0v) is 17.5. The van der Waals surface area contributed by atoms with Gasteiger partial charge in [0.15, 0.2) is 0 Å². The van der Waals surface area contributed by atoms with Gasteiger partial charge in [0.25, 0.3) is 6.43 Å². The molecular formula is C17H15ClF4NO2Y-. The van der Waals surface area contributed by atoms with E-state index in [4.69, 9.17) is 21.1 Å². The van der Waals surface area contributed by atoms with Gasteiger partial charge < -0.3 is 14.4 Å². The van der Waals surface area contributed by atoms with Gasteiger partial charge in [-0.3, -0.25) is 0 Å². The Morgan fingerprint density at radius 2 is 1.85 bits per heavy atom. The summed E-state index contributed by atoms with van der Waals surface area (Å²) in [5.74, 6) is -2.00. The first-order valence-corrected chi connectivity index (χ1v) is 7.58. The van der Waals surface area contributed by atoms with E-state index in [2.05, 4.69) is 12.7 Å². The van der Waals surface area contributed by atoms with Crippen LogP contribution in [0, 0.1) is 17.7 Å². The fourth-order valence-electron chi connectivity index (χ4n) is 2.21. The number of nitrogens with zero attached hydrogens (tertiary/aromatic N) is 1. The molecule has 1 aromatic rings. The summed E-state index contributed by atoms with van der Waals surface area (Å²) in [6.45, 7) is 3.11. The molecule has 0 fully saturated rings. The van der Waals surface area contributed by atoms with E-state index in [1.165, 1.54) is 13.2 Å². The first-order chi connectivity index (χ1) is 11.8.